The number of hydrogen-bond donors (Lipinski definition) is 1. The molecule has 0 aliphatic rings. The van der Waals surface area contributed by atoms with Crippen LogP contribution >= 0.6 is 0 Å². The molecule has 1 aromatic carbocycles. The predicted octanol–water partition coefficient (Wildman–Crippen LogP) is 2.13. The largest absolute Gasteiger partial charge is 0.496 e. The summed E-state index contributed by atoms with van der Waals surface area (Å²) in [5.74, 6) is 0.946. The maximum atomic E-state index is 8.37. The number of rotatable bonds is 7. The molecule has 0 heterocycles. The highest BCUT2D eigenvalue weighted by Crippen LogP contribution is 2.17. The molecule has 0 amide bonds. The summed E-state index contributed by atoms with van der Waals surface area (Å²) in [5.41, 5.74) is 1.22. The molecule has 0 spiro atoms. The topological polar surface area (TPSA) is 45.0 Å². The van der Waals surface area contributed by atoms with Crippen molar-refractivity contribution in [3.8, 4) is 11.8 Å². The Kier molecular flexibility index (Phi) is 6.05. The van der Waals surface area contributed by atoms with E-state index in [0.717, 1.165) is 31.7 Å². The van der Waals surface area contributed by atoms with Gasteiger partial charge in [0.05, 0.1) is 13.2 Å². The van der Waals surface area contributed by atoms with Gasteiger partial charge in [-0.05, 0) is 37.6 Å². The zero-order valence-electron chi connectivity index (χ0n) is 9.70. The Balaban J connectivity index is 2.24. The Morgan fingerprint density at radius 2 is 2.12 bits per heavy atom. The zero-order valence-corrected chi connectivity index (χ0v) is 9.70. The van der Waals surface area contributed by atoms with Crippen molar-refractivity contribution in [2.75, 3.05) is 20.2 Å². The van der Waals surface area contributed by atoms with E-state index in [1.807, 2.05) is 18.2 Å². The molecule has 0 saturated carbocycles. The molecule has 1 N–H and O–H groups in total. The lowest BCUT2D eigenvalue weighted by Crippen LogP contribution is -2.18. The van der Waals surface area contributed by atoms with E-state index in [2.05, 4.69) is 17.5 Å². The minimum Gasteiger partial charge on any atom is -0.496 e. The van der Waals surface area contributed by atoms with E-state index in [-0.39, 0.29) is 0 Å². The molecule has 3 heteroatoms. The second-order valence-electron chi connectivity index (χ2n) is 3.57. The van der Waals surface area contributed by atoms with Crippen molar-refractivity contribution >= 4 is 0 Å². The van der Waals surface area contributed by atoms with E-state index in [0.29, 0.717) is 6.42 Å². The van der Waals surface area contributed by atoms with Crippen molar-refractivity contribution in [2.24, 2.45) is 0 Å². The van der Waals surface area contributed by atoms with Gasteiger partial charge in [-0.3, -0.25) is 0 Å². The summed E-state index contributed by atoms with van der Waals surface area (Å²) >= 11 is 0. The summed E-state index contributed by atoms with van der Waals surface area (Å²) in [6.07, 6.45) is 2.50. The van der Waals surface area contributed by atoms with Gasteiger partial charge < -0.3 is 10.1 Å². The standard InChI is InChI=1S/C13H18N2O/c1-16-13-7-3-2-6-12(13)8-11-15-10-5-4-9-14/h2-3,6-7,15H,4-5,8,10-11H2,1H3. The number of nitriles is 1. The fourth-order valence-corrected chi connectivity index (χ4v) is 1.55. The van der Waals surface area contributed by atoms with Crippen LogP contribution in [0.3, 0.4) is 0 Å². The molecule has 0 saturated heterocycles. The lowest BCUT2D eigenvalue weighted by Gasteiger charge is -2.08. The van der Waals surface area contributed by atoms with Gasteiger partial charge in [-0.2, -0.15) is 5.26 Å². The number of hydrogen-bond acceptors (Lipinski definition) is 3. The first-order chi connectivity index (χ1) is 7.88. The van der Waals surface area contributed by atoms with Crippen molar-refractivity contribution < 1.29 is 4.74 Å². The van der Waals surface area contributed by atoms with Crippen molar-refractivity contribution in [2.45, 2.75) is 19.3 Å². The van der Waals surface area contributed by atoms with Crippen LogP contribution < -0.4 is 10.1 Å². The average Bonchev–Trinajstić information content (AvgIpc) is 2.34. The van der Waals surface area contributed by atoms with Gasteiger partial charge in [-0.15, -0.1) is 0 Å². The number of unbranched alkanes of at least 4 members (excludes halogenated alkanes) is 1. The van der Waals surface area contributed by atoms with E-state index in [4.69, 9.17) is 10.00 Å². The van der Waals surface area contributed by atoms with Gasteiger partial charge in [0.1, 0.15) is 5.75 Å². The third-order valence-electron chi connectivity index (χ3n) is 2.41. The van der Waals surface area contributed by atoms with Crippen LogP contribution in [-0.4, -0.2) is 20.2 Å². The Labute approximate surface area is 97.0 Å². The molecule has 0 aliphatic heterocycles. The lowest BCUT2D eigenvalue weighted by atomic mass is 10.1. The quantitative estimate of drug-likeness (QED) is 0.713. The molecule has 0 aromatic heterocycles. The van der Waals surface area contributed by atoms with E-state index in [1.54, 1.807) is 7.11 Å². The maximum absolute atomic E-state index is 8.37. The van der Waals surface area contributed by atoms with Crippen LogP contribution in [0.25, 0.3) is 0 Å². The fourth-order valence-electron chi connectivity index (χ4n) is 1.55. The van der Waals surface area contributed by atoms with Crippen molar-refractivity contribution in [3.05, 3.63) is 29.8 Å². The molecular formula is C13H18N2O. The van der Waals surface area contributed by atoms with Gasteiger partial charge in [0.2, 0.25) is 0 Å². The third kappa shape index (κ3) is 4.33. The predicted molar refractivity (Wildman–Crippen MR) is 64.4 cm³/mol. The summed E-state index contributed by atoms with van der Waals surface area (Å²) in [7, 11) is 1.69. The Morgan fingerprint density at radius 3 is 2.88 bits per heavy atom. The molecule has 3 nitrogen and oxygen atoms in total. The molecule has 16 heavy (non-hydrogen) atoms. The summed E-state index contributed by atoms with van der Waals surface area (Å²) in [4.78, 5) is 0. The highest BCUT2D eigenvalue weighted by Gasteiger charge is 2.00. The number of benzene rings is 1. The number of para-hydroxylation sites is 1. The third-order valence-corrected chi connectivity index (χ3v) is 2.41. The van der Waals surface area contributed by atoms with Gasteiger partial charge in [-0.1, -0.05) is 18.2 Å². The van der Waals surface area contributed by atoms with Gasteiger partial charge in [0, 0.05) is 6.42 Å². The van der Waals surface area contributed by atoms with Crippen LogP contribution in [0.5, 0.6) is 5.75 Å². The summed E-state index contributed by atoms with van der Waals surface area (Å²) < 4.78 is 5.27. The van der Waals surface area contributed by atoms with Gasteiger partial charge >= 0.3 is 0 Å². The van der Waals surface area contributed by atoms with Crippen molar-refractivity contribution in [3.63, 3.8) is 0 Å². The number of nitrogens with one attached hydrogen (secondary N) is 1. The number of ether oxygens (including phenoxy) is 1. The highest BCUT2D eigenvalue weighted by atomic mass is 16.5. The van der Waals surface area contributed by atoms with Crippen LogP contribution in [0, 0.1) is 11.3 Å². The summed E-state index contributed by atoms with van der Waals surface area (Å²) in [6, 6.07) is 10.2. The number of nitrogens with zero attached hydrogens (tertiary/aromatic N) is 1. The zero-order chi connectivity index (χ0) is 11.6. The molecule has 86 valence electrons. The fraction of sp³-hybridized carbons (Fsp3) is 0.462. The first kappa shape index (κ1) is 12.5. The van der Waals surface area contributed by atoms with Crippen LogP contribution in [0.1, 0.15) is 18.4 Å². The molecule has 1 rings (SSSR count). The Hall–Kier alpha value is -1.53. The number of methoxy groups -OCH3 is 1. The summed E-state index contributed by atoms with van der Waals surface area (Å²) in [5, 5.41) is 11.7. The van der Waals surface area contributed by atoms with E-state index in [9.17, 15) is 0 Å². The Morgan fingerprint density at radius 1 is 1.31 bits per heavy atom. The normalized spacial score (nSPS) is 9.75. The minimum atomic E-state index is 0.627. The second-order valence-corrected chi connectivity index (χ2v) is 3.57. The molecule has 0 unspecified atom stereocenters. The van der Waals surface area contributed by atoms with Crippen LogP contribution in [0.2, 0.25) is 0 Å². The van der Waals surface area contributed by atoms with Crippen LogP contribution in [0.4, 0.5) is 0 Å². The molecule has 1 aromatic rings. The minimum absolute atomic E-state index is 0.627. The van der Waals surface area contributed by atoms with Gasteiger partial charge in [0.15, 0.2) is 0 Å². The Bertz CT molecular complexity index is 344. The smallest absolute Gasteiger partial charge is 0.122 e. The van der Waals surface area contributed by atoms with E-state index >= 15 is 0 Å². The van der Waals surface area contributed by atoms with Gasteiger partial charge in [-0.25, -0.2) is 0 Å². The first-order valence-corrected chi connectivity index (χ1v) is 5.58. The molecule has 0 atom stereocenters. The maximum Gasteiger partial charge on any atom is 0.122 e. The van der Waals surface area contributed by atoms with Crippen LogP contribution in [0.15, 0.2) is 24.3 Å². The second kappa shape index (κ2) is 7.72. The summed E-state index contributed by atoms with van der Waals surface area (Å²) in [6.45, 7) is 1.83. The lowest BCUT2D eigenvalue weighted by molar-refractivity contribution is 0.409. The monoisotopic (exact) mass is 218 g/mol. The van der Waals surface area contributed by atoms with Crippen molar-refractivity contribution in [1.29, 1.82) is 5.26 Å². The SMILES string of the molecule is COc1ccccc1CCNCCCC#N. The molecule has 0 aliphatic carbocycles. The highest BCUT2D eigenvalue weighted by molar-refractivity contribution is 5.33. The molecule has 0 bridgehead atoms. The van der Waals surface area contributed by atoms with E-state index < -0.39 is 0 Å². The van der Waals surface area contributed by atoms with Crippen molar-refractivity contribution in [1.82, 2.24) is 5.32 Å². The van der Waals surface area contributed by atoms with Gasteiger partial charge in [0.25, 0.3) is 0 Å². The molecule has 0 fully saturated rings. The molecular weight excluding hydrogens is 200 g/mol. The molecule has 0 radical (unpaired) electrons. The first-order valence-electron chi connectivity index (χ1n) is 5.58. The van der Waals surface area contributed by atoms with E-state index in [1.165, 1.54) is 5.56 Å². The van der Waals surface area contributed by atoms with Crippen LogP contribution in [-0.2, 0) is 6.42 Å². The average molecular weight is 218 g/mol.